The van der Waals surface area contributed by atoms with Crippen LogP contribution in [0.1, 0.15) is 48.8 Å². The van der Waals surface area contributed by atoms with E-state index in [1.54, 1.807) is 11.8 Å². The molecule has 0 spiro atoms. The predicted molar refractivity (Wildman–Crippen MR) is 132 cm³/mol. The molecular weight excluding hydrogens is 444 g/mol. The van der Waals surface area contributed by atoms with Crippen LogP contribution in [-0.4, -0.2) is 37.4 Å². The molecule has 0 bridgehead atoms. The van der Waals surface area contributed by atoms with E-state index in [9.17, 15) is 14.7 Å². The highest BCUT2D eigenvalue weighted by atomic mass is 16.5. The number of hydrogen-bond donors (Lipinski definition) is 3. The number of hydrogen-bond acceptors (Lipinski definition) is 5. The summed E-state index contributed by atoms with van der Waals surface area (Å²) in [4.78, 5) is 36.1. The van der Waals surface area contributed by atoms with Crippen molar-refractivity contribution < 1.29 is 14.6 Å². The lowest BCUT2D eigenvalue weighted by Crippen LogP contribution is -2.37. The fourth-order valence-corrected chi connectivity index (χ4v) is 4.95. The molecule has 1 fully saturated rings. The molecule has 5 rings (SSSR count). The molecular formula is C27H28N4O4. The highest BCUT2D eigenvalue weighted by Gasteiger charge is 2.46. The number of aromatic nitrogens is 3. The smallest absolute Gasteiger partial charge is 0.326 e. The average Bonchev–Trinajstić information content (AvgIpc) is 3.35. The second kappa shape index (κ2) is 8.61. The first-order chi connectivity index (χ1) is 16.8. The van der Waals surface area contributed by atoms with Crippen LogP contribution < -0.4 is 10.4 Å². The Balaban J connectivity index is 1.31. The van der Waals surface area contributed by atoms with Gasteiger partial charge in [-0.25, -0.2) is 4.79 Å². The number of rotatable bonds is 6. The van der Waals surface area contributed by atoms with E-state index >= 15 is 0 Å². The van der Waals surface area contributed by atoms with E-state index in [2.05, 4.69) is 15.0 Å². The number of aromatic hydroxyl groups is 1. The molecule has 0 aliphatic carbocycles. The highest BCUT2D eigenvalue weighted by Crippen LogP contribution is 2.40. The van der Waals surface area contributed by atoms with Crippen molar-refractivity contribution in [2.75, 3.05) is 6.54 Å². The van der Waals surface area contributed by atoms with Crippen molar-refractivity contribution in [3.05, 3.63) is 87.6 Å². The lowest BCUT2D eigenvalue weighted by atomic mass is 9.81. The molecule has 3 N–H and O–H groups in total. The Morgan fingerprint density at radius 1 is 1.14 bits per heavy atom. The summed E-state index contributed by atoms with van der Waals surface area (Å²) in [5, 5.41) is 11.1. The van der Waals surface area contributed by atoms with E-state index in [0.717, 1.165) is 33.5 Å². The fraction of sp³-hybridized carbons (Fsp3) is 0.296. The molecule has 35 heavy (non-hydrogen) atoms. The number of fused-ring (bicyclic) bond motifs is 1. The van der Waals surface area contributed by atoms with Crippen molar-refractivity contribution in [2.24, 2.45) is 0 Å². The minimum atomic E-state index is -0.697. The monoisotopic (exact) mass is 472 g/mol. The van der Waals surface area contributed by atoms with Gasteiger partial charge in [0.05, 0.1) is 17.0 Å². The molecule has 1 aliphatic rings. The van der Waals surface area contributed by atoms with Crippen LogP contribution in [0.2, 0.25) is 0 Å². The quantitative estimate of drug-likeness (QED) is 0.391. The summed E-state index contributed by atoms with van der Waals surface area (Å²) in [5.74, 6) is 0.447. The Hall–Kier alpha value is -4.07. The van der Waals surface area contributed by atoms with Gasteiger partial charge in [0.2, 0.25) is 11.8 Å². The zero-order chi connectivity index (χ0) is 24.7. The van der Waals surface area contributed by atoms with Crippen molar-refractivity contribution in [1.29, 1.82) is 0 Å². The van der Waals surface area contributed by atoms with Crippen LogP contribution in [0, 0.1) is 6.92 Å². The fourth-order valence-electron chi connectivity index (χ4n) is 4.95. The van der Waals surface area contributed by atoms with Crippen LogP contribution in [0.4, 0.5) is 0 Å². The maximum atomic E-state index is 13.4. The number of carbonyl (C=O) groups excluding carboxylic acids is 1. The number of aromatic amines is 2. The largest absolute Gasteiger partial charge is 0.493 e. The zero-order valence-corrected chi connectivity index (χ0v) is 20.0. The van der Waals surface area contributed by atoms with E-state index < -0.39 is 17.1 Å². The number of nitrogens with zero attached hydrogens (tertiary/aromatic N) is 2. The first kappa shape index (κ1) is 22.7. The van der Waals surface area contributed by atoms with Gasteiger partial charge < -0.3 is 19.7 Å². The Bertz CT molecular complexity index is 1460. The molecule has 3 heterocycles. The van der Waals surface area contributed by atoms with Gasteiger partial charge in [-0.05, 0) is 57.0 Å². The van der Waals surface area contributed by atoms with Crippen LogP contribution in [-0.2, 0) is 16.8 Å². The van der Waals surface area contributed by atoms with Gasteiger partial charge in [-0.2, -0.15) is 0 Å². The number of amides is 1. The van der Waals surface area contributed by atoms with Crippen molar-refractivity contribution in [3.8, 4) is 11.6 Å². The van der Waals surface area contributed by atoms with E-state index in [-0.39, 0.29) is 11.8 Å². The number of pyridine rings is 1. The molecule has 1 saturated heterocycles. The predicted octanol–water partition coefficient (Wildman–Crippen LogP) is 4.10. The van der Waals surface area contributed by atoms with Crippen LogP contribution in [0.3, 0.4) is 0 Å². The number of nitrogens with one attached hydrogen (secondary N) is 2. The normalized spacial score (nSPS) is 18.8. The Labute approximate surface area is 202 Å². The van der Waals surface area contributed by atoms with Gasteiger partial charge in [0, 0.05) is 23.2 Å². The molecule has 2 atom stereocenters. The summed E-state index contributed by atoms with van der Waals surface area (Å²) < 4.78 is 6.08. The van der Waals surface area contributed by atoms with Gasteiger partial charge in [0.15, 0.2) is 0 Å². The number of aryl methyl sites for hydroxylation is 1. The first-order valence-electron chi connectivity index (χ1n) is 11.7. The molecule has 180 valence electrons. The molecule has 8 heteroatoms. The summed E-state index contributed by atoms with van der Waals surface area (Å²) in [6, 6.07) is 17.3. The number of imidazole rings is 1. The Kier molecular flexibility index (Phi) is 5.59. The van der Waals surface area contributed by atoms with E-state index in [1.807, 2.05) is 68.4 Å². The van der Waals surface area contributed by atoms with E-state index in [0.29, 0.717) is 25.3 Å². The molecule has 1 amide bonds. The second-order valence-electron chi connectivity index (χ2n) is 9.35. The third kappa shape index (κ3) is 4.05. The molecule has 0 saturated carbocycles. The highest BCUT2D eigenvalue weighted by molar-refractivity contribution is 5.90. The van der Waals surface area contributed by atoms with Crippen LogP contribution in [0.5, 0.6) is 11.6 Å². The Morgan fingerprint density at radius 2 is 1.89 bits per heavy atom. The van der Waals surface area contributed by atoms with Crippen molar-refractivity contribution in [2.45, 2.75) is 45.3 Å². The third-order valence-electron chi connectivity index (χ3n) is 7.02. The number of likely N-dealkylation sites (tertiary alicyclic amines) is 1. The molecule has 1 unspecified atom stereocenters. The van der Waals surface area contributed by atoms with Gasteiger partial charge in [-0.3, -0.25) is 14.8 Å². The first-order valence-corrected chi connectivity index (χ1v) is 11.7. The molecule has 2 aromatic heterocycles. The maximum Gasteiger partial charge on any atom is 0.326 e. The summed E-state index contributed by atoms with van der Waals surface area (Å²) in [6.07, 6.45) is 0.633. The molecule has 2 aromatic carbocycles. The maximum absolute atomic E-state index is 13.4. The number of carbonyl (C=O) groups is 1. The lowest BCUT2D eigenvalue weighted by Gasteiger charge is -2.27. The SMILES string of the molecule is Cc1cc(COc2ccc([C@]3(C)CCN(C(C)c4[nH]c(=O)[nH]c4O)C3=O)cc2)c2ccccc2n1. The summed E-state index contributed by atoms with van der Waals surface area (Å²) in [6.45, 7) is 6.65. The van der Waals surface area contributed by atoms with Crippen LogP contribution in [0.15, 0.2) is 59.4 Å². The number of benzene rings is 2. The topological polar surface area (TPSA) is 111 Å². The summed E-state index contributed by atoms with van der Waals surface area (Å²) in [5.41, 5.74) is 3.00. The standard InChI is InChI=1S/C27H28N4O4/c1-16-14-18(21-6-4-5-7-22(21)28-16)15-35-20-10-8-19(9-11-20)27(3)12-13-31(25(27)33)17(2)23-24(32)30-26(34)29-23/h4-11,14,17,32H,12-13,15H2,1-3H3,(H2,29,30,34)/t17?,27-/m0/s1. The third-order valence-corrected chi connectivity index (χ3v) is 7.02. The summed E-state index contributed by atoms with van der Waals surface area (Å²) >= 11 is 0. The van der Waals surface area contributed by atoms with Crippen LogP contribution in [0.25, 0.3) is 10.9 Å². The summed E-state index contributed by atoms with van der Waals surface area (Å²) in [7, 11) is 0. The van der Waals surface area contributed by atoms with Gasteiger partial charge in [0.25, 0.3) is 0 Å². The van der Waals surface area contributed by atoms with Crippen LogP contribution >= 0.6 is 0 Å². The Morgan fingerprint density at radius 3 is 2.60 bits per heavy atom. The van der Waals surface area contributed by atoms with Gasteiger partial charge >= 0.3 is 5.69 Å². The molecule has 4 aromatic rings. The van der Waals surface area contributed by atoms with Crippen molar-refractivity contribution >= 4 is 16.8 Å². The molecule has 1 aliphatic heterocycles. The molecule has 0 radical (unpaired) electrons. The number of para-hydroxylation sites is 1. The van der Waals surface area contributed by atoms with Gasteiger partial charge in [-0.1, -0.05) is 30.3 Å². The number of H-pyrrole nitrogens is 2. The average molecular weight is 473 g/mol. The molecule has 8 nitrogen and oxygen atoms in total. The minimum Gasteiger partial charge on any atom is -0.493 e. The number of ether oxygens (including phenoxy) is 1. The lowest BCUT2D eigenvalue weighted by molar-refractivity contribution is -0.133. The zero-order valence-electron chi connectivity index (χ0n) is 20.0. The van der Waals surface area contributed by atoms with Gasteiger partial charge in [0.1, 0.15) is 18.1 Å². The minimum absolute atomic E-state index is 0.0427. The van der Waals surface area contributed by atoms with Gasteiger partial charge in [-0.15, -0.1) is 0 Å². The van der Waals surface area contributed by atoms with E-state index in [1.165, 1.54) is 0 Å². The van der Waals surface area contributed by atoms with Crippen molar-refractivity contribution in [1.82, 2.24) is 19.9 Å². The van der Waals surface area contributed by atoms with Crippen molar-refractivity contribution in [3.63, 3.8) is 0 Å². The van der Waals surface area contributed by atoms with E-state index in [4.69, 9.17) is 4.74 Å². The second-order valence-corrected chi connectivity index (χ2v) is 9.35.